The summed E-state index contributed by atoms with van der Waals surface area (Å²) in [6.45, 7) is 19.4. The maximum Gasteiger partial charge on any atom is 0.225 e. The predicted octanol–water partition coefficient (Wildman–Crippen LogP) is 4.73. The monoisotopic (exact) mass is 368 g/mol. The molecule has 0 radical (unpaired) electrons. The van der Waals surface area contributed by atoms with Crippen molar-refractivity contribution in [3.05, 3.63) is 0 Å². The maximum absolute atomic E-state index is 11.8. The molecule has 1 fully saturated rings. The van der Waals surface area contributed by atoms with Crippen molar-refractivity contribution >= 4 is 11.8 Å². The summed E-state index contributed by atoms with van der Waals surface area (Å²) in [6, 6.07) is 0. The van der Waals surface area contributed by atoms with E-state index in [9.17, 15) is 9.59 Å². The van der Waals surface area contributed by atoms with Crippen LogP contribution in [0.5, 0.6) is 0 Å². The Morgan fingerprint density at radius 3 is 1.81 bits per heavy atom. The van der Waals surface area contributed by atoms with Gasteiger partial charge in [0.15, 0.2) is 0 Å². The van der Waals surface area contributed by atoms with E-state index in [1.807, 2.05) is 32.6 Å². The SMILES string of the molecule is CC(C)CC1CCN(C(=O)C(C)C)CC1.CC(C)CCNC(=O)C(C)C. The number of likely N-dealkylation sites (tertiary alicyclic amines) is 1. The van der Waals surface area contributed by atoms with Crippen molar-refractivity contribution in [1.29, 1.82) is 0 Å². The van der Waals surface area contributed by atoms with Gasteiger partial charge in [0.05, 0.1) is 0 Å². The fraction of sp³-hybridized carbons (Fsp3) is 0.909. The zero-order valence-corrected chi connectivity index (χ0v) is 18.6. The average Bonchev–Trinajstić information content (AvgIpc) is 2.54. The van der Waals surface area contributed by atoms with Crippen molar-refractivity contribution < 1.29 is 9.59 Å². The van der Waals surface area contributed by atoms with Gasteiger partial charge in [0.1, 0.15) is 0 Å². The lowest BCUT2D eigenvalue weighted by atomic mass is 9.88. The van der Waals surface area contributed by atoms with Gasteiger partial charge < -0.3 is 10.2 Å². The van der Waals surface area contributed by atoms with Gasteiger partial charge in [-0.25, -0.2) is 0 Å². The Morgan fingerprint density at radius 1 is 0.885 bits per heavy atom. The van der Waals surface area contributed by atoms with Gasteiger partial charge in [0.2, 0.25) is 11.8 Å². The quantitative estimate of drug-likeness (QED) is 0.706. The van der Waals surface area contributed by atoms with Gasteiger partial charge in [-0.15, -0.1) is 0 Å². The van der Waals surface area contributed by atoms with E-state index in [-0.39, 0.29) is 17.7 Å². The number of rotatable bonds is 7. The summed E-state index contributed by atoms with van der Waals surface area (Å²) in [5, 5.41) is 2.87. The van der Waals surface area contributed by atoms with Crippen LogP contribution >= 0.6 is 0 Å². The molecule has 0 saturated carbocycles. The molecule has 0 atom stereocenters. The highest BCUT2D eigenvalue weighted by Gasteiger charge is 2.24. The smallest absolute Gasteiger partial charge is 0.225 e. The lowest BCUT2D eigenvalue weighted by molar-refractivity contribution is -0.135. The normalized spacial score (nSPS) is 15.5. The van der Waals surface area contributed by atoms with Crippen molar-refractivity contribution in [3.63, 3.8) is 0 Å². The zero-order chi connectivity index (χ0) is 20.3. The van der Waals surface area contributed by atoms with E-state index in [0.29, 0.717) is 11.8 Å². The van der Waals surface area contributed by atoms with Gasteiger partial charge in [-0.1, -0.05) is 55.4 Å². The highest BCUT2D eigenvalue weighted by Crippen LogP contribution is 2.24. The topological polar surface area (TPSA) is 49.4 Å². The minimum Gasteiger partial charge on any atom is -0.356 e. The molecule has 1 N–H and O–H groups in total. The van der Waals surface area contributed by atoms with E-state index in [4.69, 9.17) is 0 Å². The Morgan fingerprint density at radius 2 is 1.42 bits per heavy atom. The first-order chi connectivity index (χ1) is 12.0. The average molecular weight is 369 g/mol. The van der Waals surface area contributed by atoms with Gasteiger partial charge in [-0.05, 0) is 43.4 Å². The number of nitrogens with zero attached hydrogens (tertiary/aromatic N) is 1. The molecule has 1 aliphatic rings. The molecule has 1 aliphatic heterocycles. The number of piperidine rings is 1. The molecular formula is C22H44N2O2. The van der Waals surface area contributed by atoms with Gasteiger partial charge in [-0.2, -0.15) is 0 Å². The van der Waals surface area contributed by atoms with Crippen LogP contribution in [0.3, 0.4) is 0 Å². The van der Waals surface area contributed by atoms with Crippen LogP contribution in [-0.4, -0.2) is 36.3 Å². The number of hydrogen-bond donors (Lipinski definition) is 1. The number of nitrogens with one attached hydrogen (secondary N) is 1. The second-order valence-corrected chi connectivity index (χ2v) is 9.18. The van der Waals surface area contributed by atoms with Gasteiger partial charge in [0.25, 0.3) is 0 Å². The summed E-state index contributed by atoms with van der Waals surface area (Å²) in [7, 11) is 0. The molecule has 0 aliphatic carbocycles. The van der Waals surface area contributed by atoms with Gasteiger partial charge in [0, 0.05) is 31.5 Å². The Kier molecular flexibility index (Phi) is 12.6. The van der Waals surface area contributed by atoms with Crippen LogP contribution in [0.15, 0.2) is 0 Å². The second kappa shape index (κ2) is 13.2. The highest BCUT2D eigenvalue weighted by atomic mass is 16.2. The van der Waals surface area contributed by atoms with Crippen molar-refractivity contribution in [2.24, 2.45) is 29.6 Å². The number of carbonyl (C=O) groups is 2. The molecule has 26 heavy (non-hydrogen) atoms. The molecule has 1 saturated heterocycles. The number of amides is 2. The third kappa shape index (κ3) is 11.5. The minimum atomic E-state index is 0.113. The summed E-state index contributed by atoms with van der Waals surface area (Å²) in [5.41, 5.74) is 0. The minimum absolute atomic E-state index is 0.113. The van der Waals surface area contributed by atoms with Gasteiger partial charge in [-0.3, -0.25) is 9.59 Å². The molecule has 0 unspecified atom stereocenters. The van der Waals surface area contributed by atoms with Crippen molar-refractivity contribution in [3.8, 4) is 0 Å². The molecule has 4 nitrogen and oxygen atoms in total. The van der Waals surface area contributed by atoms with Crippen LogP contribution in [0.2, 0.25) is 0 Å². The molecule has 0 aromatic heterocycles. The van der Waals surface area contributed by atoms with E-state index in [2.05, 4.69) is 33.0 Å². The lowest BCUT2D eigenvalue weighted by Crippen LogP contribution is -2.40. The maximum atomic E-state index is 11.8. The Balaban J connectivity index is 0.000000508. The van der Waals surface area contributed by atoms with Crippen molar-refractivity contribution in [1.82, 2.24) is 10.2 Å². The van der Waals surface area contributed by atoms with Crippen LogP contribution in [0.25, 0.3) is 0 Å². The largest absolute Gasteiger partial charge is 0.356 e. The van der Waals surface area contributed by atoms with Crippen LogP contribution in [0.4, 0.5) is 0 Å². The molecule has 0 bridgehead atoms. The summed E-state index contributed by atoms with van der Waals surface area (Å²) in [4.78, 5) is 24.8. The van der Waals surface area contributed by atoms with E-state index in [1.165, 1.54) is 19.3 Å². The van der Waals surface area contributed by atoms with Crippen molar-refractivity contribution in [2.75, 3.05) is 19.6 Å². The second-order valence-electron chi connectivity index (χ2n) is 9.18. The standard InChI is InChI=1S/C13H25NO.C9H19NO/c1-10(2)9-12-5-7-14(8-6-12)13(15)11(3)4;1-7(2)5-6-10-9(11)8(3)4/h10-12H,5-9H2,1-4H3;7-8H,5-6H2,1-4H3,(H,10,11). The number of hydrogen-bond acceptors (Lipinski definition) is 2. The number of carbonyl (C=O) groups excluding carboxylic acids is 2. The summed E-state index contributed by atoms with van der Waals surface area (Å²) in [6.07, 6.45) is 4.80. The first-order valence-electron chi connectivity index (χ1n) is 10.6. The van der Waals surface area contributed by atoms with Crippen LogP contribution in [-0.2, 0) is 9.59 Å². The third-order valence-electron chi connectivity index (χ3n) is 4.77. The van der Waals surface area contributed by atoms with E-state index in [1.54, 1.807) is 0 Å². The fourth-order valence-corrected chi connectivity index (χ4v) is 3.11. The molecule has 2 amide bonds. The summed E-state index contributed by atoms with van der Waals surface area (Å²) in [5.74, 6) is 3.07. The van der Waals surface area contributed by atoms with Crippen molar-refractivity contribution in [2.45, 2.75) is 81.1 Å². The van der Waals surface area contributed by atoms with Crippen LogP contribution in [0.1, 0.15) is 81.1 Å². The molecule has 1 rings (SSSR count). The molecular weight excluding hydrogens is 324 g/mol. The summed E-state index contributed by atoms with van der Waals surface area (Å²) >= 11 is 0. The van der Waals surface area contributed by atoms with Crippen LogP contribution in [0, 0.1) is 29.6 Å². The Labute approximate surface area is 162 Å². The highest BCUT2D eigenvalue weighted by molar-refractivity contribution is 5.78. The zero-order valence-electron chi connectivity index (χ0n) is 18.6. The first-order valence-corrected chi connectivity index (χ1v) is 10.6. The molecule has 0 aromatic rings. The van der Waals surface area contributed by atoms with E-state index < -0.39 is 0 Å². The fourth-order valence-electron chi connectivity index (χ4n) is 3.11. The van der Waals surface area contributed by atoms with Gasteiger partial charge >= 0.3 is 0 Å². The lowest BCUT2D eigenvalue weighted by Gasteiger charge is -2.33. The third-order valence-corrected chi connectivity index (χ3v) is 4.77. The van der Waals surface area contributed by atoms with E-state index in [0.717, 1.165) is 37.9 Å². The Bertz CT molecular complexity index is 395. The summed E-state index contributed by atoms with van der Waals surface area (Å²) < 4.78 is 0. The van der Waals surface area contributed by atoms with E-state index >= 15 is 0 Å². The molecule has 1 heterocycles. The first kappa shape index (κ1) is 24.9. The Hall–Kier alpha value is -1.06. The predicted molar refractivity (Wildman–Crippen MR) is 111 cm³/mol. The van der Waals surface area contributed by atoms with Crippen LogP contribution < -0.4 is 5.32 Å². The molecule has 0 aromatic carbocycles. The molecule has 4 heteroatoms. The molecule has 154 valence electrons. The molecule has 0 spiro atoms.